The summed E-state index contributed by atoms with van der Waals surface area (Å²) in [6.07, 6.45) is 7.40. The van der Waals surface area contributed by atoms with Gasteiger partial charge in [-0.15, -0.1) is 0 Å². The molecule has 0 spiro atoms. The first-order chi connectivity index (χ1) is 8.59. The van der Waals surface area contributed by atoms with E-state index in [9.17, 15) is 0 Å². The van der Waals surface area contributed by atoms with Crippen LogP contribution in [0.5, 0.6) is 0 Å². The van der Waals surface area contributed by atoms with E-state index in [1.54, 1.807) is 0 Å². The number of hydrogen-bond acceptors (Lipinski definition) is 0. The Morgan fingerprint density at radius 3 is 2.50 bits per heavy atom. The molecule has 2 aliphatic carbocycles. The van der Waals surface area contributed by atoms with Crippen LogP contribution >= 0.6 is 0 Å². The van der Waals surface area contributed by atoms with Crippen molar-refractivity contribution in [1.82, 2.24) is 0 Å². The minimum absolute atomic E-state index is 0.377. The van der Waals surface area contributed by atoms with Crippen molar-refractivity contribution < 1.29 is 0 Å². The average Bonchev–Trinajstić information content (AvgIpc) is 2.88. The van der Waals surface area contributed by atoms with Gasteiger partial charge >= 0.3 is 0 Å². The van der Waals surface area contributed by atoms with E-state index >= 15 is 0 Å². The van der Waals surface area contributed by atoms with E-state index in [4.69, 9.17) is 0 Å². The zero-order valence-electron chi connectivity index (χ0n) is 11.4. The first-order valence-corrected chi connectivity index (χ1v) is 7.01. The monoisotopic (exact) mass is 238 g/mol. The van der Waals surface area contributed by atoms with Crippen LogP contribution in [0.25, 0.3) is 6.08 Å². The summed E-state index contributed by atoms with van der Waals surface area (Å²) in [5.41, 5.74) is 3.17. The summed E-state index contributed by atoms with van der Waals surface area (Å²) in [7, 11) is 0. The molecule has 0 aromatic heterocycles. The molecule has 2 saturated carbocycles. The Morgan fingerprint density at radius 1 is 1.17 bits per heavy atom. The molecular weight excluding hydrogens is 216 g/mol. The lowest BCUT2D eigenvalue weighted by Gasteiger charge is -2.35. The number of benzene rings is 1. The summed E-state index contributed by atoms with van der Waals surface area (Å²) in [4.78, 5) is 0. The van der Waals surface area contributed by atoms with Crippen LogP contribution in [0.4, 0.5) is 0 Å². The minimum Gasteiger partial charge on any atom is -0.0990 e. The fourth-order valence-corrected chi connectivity index (χ4v) is 3.81. The predicted molar refractivity (Wildman–Crippen MR) is 78.1 cm³/mol. The van der Waals surface area contributed by atoms with E-state index in [0.717, 1.165) is 17.8 Å². The molecule has 18 heavy (non-hydrogen) atoms. The first-order valence-electron chi connectivity index (χ1n) is 7.01. The summed E-state index contributed by atoms with van der Waals surface area (Å²) < 4.78 is 0. The van der Waals surface area contributed by atoms with Gasteiger partial charge in [0.05, 0.1) is 0 Å². The Labute approximate surface area is 110 Å². The van der Waals surface area contributed by atoms with Crippen LogP contribution in [-0.2, 0) is 0 Å². The highest BCUT2D eigenvalue weighted by atomic mass is 14.6. The van der Waals surface area contributed by atoms with Gasteiger partial charge in [0, 0.05) is 0 Å². The molecule has 0 aliphatic heterocycles. The van der Waals surface area contributed by atoms with E-state index in [1.165, 1.54) is 24.0 Å². The van der Waals surface area contributed by atoms with Crippen molar-refractivity contribution in [2.24, 2.45) is 23.2 Å². The Balaban J connectivity index is 1.75. The maximum atomic E-state index is 4.36. The normalized spacial score (nSPS) is 33.4. The third-order valence-corrected chi connectivity index (χ3v) is 5.24. The molecule has 3 rings (SSSR count). The van der Waals surface area contributed by atoms with E-state index in [-0.39, 0.29) is 0 Å². The van der Waals surface area contributed by atoms with Crippen molar-refractivity contribution in [2.45, 2.75) is 26.7 Å². The van der Waals surface area contributed by atoms with Gasteiger partial charge in [0.25, 0.3) is 0 Å². The molecular formula is C18H22. The third-order valence-electron chi connectivity index (χ3n) is 5.24. The summed E-state index contributed by atoms with van der Waals surface area (Å²) in [5, 5.41) is 0. The largest absolute Gasteiger partial charge is 0.0990 e. The quantitative estimate of drug-likeness (QED) is 0.640. The first kappa shape index (κ1) is 11.8. The molecule has 0 saturated heterocycles. The van der Waals surface area contributed by atoms with Gasteiger partial charge in [0.15, 0.2) is 0 Å². The zero-order valence-corrected chi connectivity index (χ0v) is 11.4. The summed E-state index contributed by atoms with van der Waals surface area (Å²) >= 11 is 0. The van der Waals surface area contributed by atoms with Gasteiger partial charge < -0.3 is 0 Å². The van der Waals surface area contributed by atoms with E-state index < -0.39 is 0 Å². The molecule has 2 fully saturated rings. The summed E-state index contributed by atoms with van der Waals surface area (Å²) in [6.45, 7) is 9.11. The standard InChI is InChI=1S/C18H22/c1-13-17-12-16(18(13,2)3)11-15(17)10-9-14-7-5-4-6-8-14/h4-10,15-17H,1,11-12H2,2-3H3/b10-9+. The van der Waals surface area contributed by atoms with Crippen LogP contribution in [0.3, 0.4) is 0 Å². The second kappa shape index (κ2) is 4.12. The second-order valence-electron chi connectivity index (χ2n) is 6.46. The van der Waals surface area contributed by atoms with E-state index in [0.29, 0.717) is 5.41 Å². The lowest BCUT2D eigenvalue weighted by Crippen LogP contribution is -2.26. The molecule has 3 unspecified atom stereocenters. The topological polar surface area (TPSA) is 0 Å². The van der Waals surface area contributed by atoms with Crippen molar-refractivity contribution >= 4 is 6.08 Å². The van der Waals surface area contributed by atoms with Crippen molar-refractivity contribution in [3.63, 3.8) is 0 Å². The average molecular weight is 238 g/mol. The predicted octanol–water partition coefficient (Wildman–Crippen LogP) is 4.94. The summed E-state index contributed by atoms with van der Waals surface area (Å²) in [5.74, 6) is 2.29. The van der Waals surface area contributed by atoms with Crippen LogP contribution in [0.2, 0.25) is 0 Å². The van der Waals surface area contributed by atoms with Crippen molar-refractivity contribution in [3.8, 4) is 0 Å². The molecule has 2 aliphatic rings. The molecule has 0 radical (unpaired) electrons. The van der Waals surface area contributed by atoms with E-state index in [1.807, 2.05) is 0 Å². The number of fused-ring (bicyclic) bond motifs is 2. The van der Waals surface area contributed by atoms with Gasteiger partial charge in [-0.25, -0.2) is 0 Å². The SMILES string of the molecule is C=C1C2CC(CC2/C=C/c2ccccc2)C1(C)C. The van der Waals surface area contributed by atoms with Gasteiger partial charge in [-0.05, 0) is 41.6 Å². The molecule has 0 nitrogen and oxygen atoms in total. The molecule has 0 heteroatoms. The molecule has 2 bridgehead atoms. The maximum Gasteiger partial charge on any atom is -0.0116 e. The fraction of sp³-hybridized carbons (Fsp3) is 0.444. The minimum atomic E-state index is 0.377. The van der Waals surface area contributed by atoms with Gasteiger partial charge in [0.2, 0.25) is 0 Å². The Hall–Kier alpha value is -1.30. The maximum absolute atomic E-state index is 4.36. The Bertz CT molecular complexity index is 478. The molecule has 0 heterocycles. The number of rotatable bonds is 2. The lowest BCUT2D eigenvalue weighted by atomic mass is 9.70. The van der Waals surface area contributed by atoms with Gasteiger partial charge in [-0.1, -0.05) is 68.5 Å². The fourth-order valence-electron chi connectivity index (χ4n) is 3.81. The Morgan fingerprint density at radius 2 is 1.89 bits per heavy atom. The summed E-state index contributed by atoms with van der Waals surface area (Å²) in [6, 6.07) is 10.6. The zero-order chi connectivity index (χ0) is 12.8. The number of hydrogen-bond donors (Lipinski definition) is 0. The molecule has 0 amide bonds. The molecule has 1 aromatic carbocycles. The number of allylic oxidation sites excluding steroid dienone is 2. The highest BCUT2D eigenvalue weighted by Crippen LogP contribution is 2.61. The van der Waals surface area contributed by atoms with Crippen LogP contribution in [0, 0.1) is 23.2 Å². The van der Waals surface area contributed by atoms with Crippen LogP contribution in [0.15, 0.2) is 48.6 Å². The molecule has 3 atom stereocenters. The van der Waals surface area contributed by atoms with Crippen LogP contribution in [-0.4, -0.2) is 0 Å². The third kappa shape index (κ3) is 1.75. The lowest BCUT2D eigenvalue weighted by molar-refractivity contribution is 0.267. The van der Waals surface area contributed by atoms with E-state index in [2.05, 4.69) is 62.9 Å². The van der Waals surface area contributed by atoms with Crippen LogP contribution < -0.4 is 0 Å². The highest BCUT2D eigenvalue weighted by Gasteiger charge is 2.51. The van der Waals surface area contributed by atoms with Gasteiger partial charge in [0.1, 0.15) is 0 Å². The van der Waals surface area contributed by atoms with Crippen molar-refractivity contribution in [3.05, 3.63) is 54.1 Å². The van der Waals surface area contributed by atoms with Crippen molar-refractivity contribution in [1.29, 1.82) is 0 Å². The van der Waals surface area contributed by atoms with Crippen LogP contribution in [0.1, 0.15) is 32.3 Å². The highest BCUT2D eigenvalue weighted by molar-refractivity contribution is 5.49. The van der Waals surface area contributed by atoms with Gasteiger partial charge in [-0.3, -0.25) is 0 Å². The molecule has 1 aromatic rings. The smallest absolute Gasteiger partial charge is 0.0116 e. The van der Waals surface area contributed by atoms with Gasteiger partial charge in [-0.2, -0.15) is 0 Å². The Kier molecular flexibility index (Phi) is 2.69. The van der Waals surface area contributed by atoms with Crippen molar-refractivity contribution in [2.75, 3.05) is 0 Å². The molecule has 0 N–H and O–H groups in total. The second-order valence-corrected chi connectivity index (χ2v) is 6.46. The molecule has 94 valence electrons.